The summed E-state index contributed by atoms with van der Waals surface area (Å²) in [4.78, 5) is 21.2. The quantitative estimate of drug-likeness (QED) is 0.670. The van der Waals surface area contributed by atoms with Crippen LogP contribution in [0.2, 0.25) is 0 Å². The fraction of sp³-hybridized carbons (Fsp3) is 0.154. The SMILES string of the molecule is COc1cc(Br)c(S(=O)(=O)NNC(=O)c2cnccn2)cc1OC. The number of nitrogens with zero attached hydrogens (tertiary/aromatic N) is 2. The molecule has 0 saturated carbocycles. The smallest absolute Gasteiger partial charge is 0.286 e. The van der Waals surface area contributed by atoms with Crippen molar-refractivity contribution in [2.45, 2.75) is 4.90 Å². The van der Waals surface area contributed by atoms with Crippen LogP contribution in [0.5, 0.6) is 11.5 Å². The highest BCUT2D eigenvalue weighted by molar-refractivity contribution is 9.10. The first-order chi connectivity index (χ1) is 11.4. The molecule has 0 atom stereocenters. The van der Waals surface area contributed by atoms with Crippen LogP contribution in [0.15, 0.2) is 40.1 Å². The Kier molecular flexibility index (Phi) is 5.70. The topological polar surface area (TPSA) is 120 Å². The molecule has 2 aromatic rings. The van der Waals surface area contributed by atoms with Gasteiger partial charge in [-0.2, -0.15) is 0 Å². The minimum absolute atomic E-state index is 0.0356. The maximum absolute atomic E-state index is 12.4. The number of nitrogens with one attached hydrogen (secondary N) is 2. The van der Waals surface area contributed by atoms with Crippen LogP contribution in [0.25, 0.3) is 0 Å². The molecule has 1 amide bonds. The Morgan fingerprint density at radius 2 is 1.83 bits per heavy atom. The summed E-state index contributed by atoms with van der Waals surface area (Å²) in [7, 11) is -1.26. The van der Waals surface area contributed by atoms with Gasteiger partial charge in [-0.1, -0.05) is 0 Å². The van der Waals surface area contributed by atoms with Gasteiger partial charge in [-0.15, -0.1) is 4.83 Å². The van der Waals surface area contributed by atoms with Crippen LogP contribution < -0.4 is 19.7 Å². The van der Waals surface area contributed by atoms with Crippen LogP contribution in [0.1, 0.15) is 10.5 Å². The van der Waals surface area contributed by atoms with Crippen molar-refractivity contribution in [2.24, 2.45) is 0 Å². The van der Waals surface area contributed by atoms with E-state index in [-0.39, 0.29) is 20.8 Å². The summed E-state index contributed by atoms with van der Waals surface area (Å²) in [5, 5.41) is 0. The van der Waals surface area contributed by atoms with Gasteiger partial charge in [-0.3, -0.25) is 15.2 Å². The Morgan fingerprint density at radius 1 is 1.17 bits per heavy atom. The predicted molar refractivity (Wildman–Crippen MR) is 87.1 cm³/mol. The zero-order valence-corrected chi connectivity index (χ0v) is 15.0. The van der Waals surface area contributed by atoms with Crippen LogP contribution in [0.4, 0.5) is 0 Å². The van der Waals surface area contributed by atoms with Gasteiger partial charge in [-0.05, 0) is 22.0 Å². The number of hydrogen-bond acceptors (Lipinski definition) is 7. The number of carbonyl (C=O) groups excluding carboxylic acids is 1. The Balaban J connectivity index is 2.23. The molecule has 0 aliphatic carbocycles. The van der Waals surface area contributed by atoms with Gasteiger partial charge in [0, 0.05) is 22.9 Å². The standard InChI is InChI=1S/C13H13BrN4O5S/c1-22-10-5-8(14)12(6-11(10)23-2)24(20,21)18-17-13(19)9-7-15-3-4-16-9/h3-7,18H,1-2H3,(H,17,19). The molecule has 9 nitrogen and oxygen atoms in total. The second kappa shape index (κ2) is 7.55. The number of ether oxygens (including phenoxy) is 2. The number of hydrogen-bond donors (Lipinski definition) is 2. The van der Waals surface area contributed by atoms with E-state index in [2.05, 4.69) is 31.3 Å². The van der Waals surface area contributed by atoms with E-state index in [4.69, 9.17) is 9.47 Å². The predicted octanol–water partition coefficient (Wildman–Crippen LogP) is 0.880. The summed E-state index contributed by atoms with van der Waals surface area (Å²) in [5.74, 6) is -0.170. The first-order valence-corrected chi connectivity index (χ1v) is 8.66. The Morgan fingerprint density at radius 3 is 2.42 bits per heavy atom. The van der Waals surface area contributed by atoms with Gasteiger partial charge in [-0.25, -0.2) is 13.4 Å². The normalized spacial score (nSPS) is 11.0. The highest BCUT2D eigenvalue weighted by Crippen LogP contribution is 2.35. The molecule has 11 heteroatoms. The molecule has 1 aromatic heterocycles. The third-order valence-electron chi connectivity index (χ3n) is 2.82. The number of amides is 1. The molecule has 0 bridgehead atoms. The van der Waals surface area contributed by atoms with Crippen molar-refractivity contribution in [3.05, 3.63) is 40.9 Å². The summed E-state index contributed by atoms with van der Waals surface area (Å²) < 4.78 is 35.1. The Labute approximate surface area is 146 Å². The van der Waals surface area contributed by atoms with Gasteiger partial charge in [0.1, 0.15) is 10.6 Å². The molecule has 1 heterocycles. The van der Waals surface area contributed by atoms with Crippen molar-refractivity contribution in [3.8, 4) is 11.5 Å². The molecule has 0 unspecified atom stereocenters. The van der Waals surface area contributed by atoms with Crippen LogP contribution in [0, 0.1) is 0 Å². The van der Waals surface area contributed by atoms with Gasteiger partial charge in [0.25, 0.3) is 15.9 Å². The van der Waals surface area contributed by atoms with Crippen molar-refractivity contribution in [1.29, 1.82) is 0 Å². The van der Waals surface area contributed by atoms with E-state index in [0.717, 1.165) is 0 Å². The summed E-state index contributed by atoms with van der Waals surface area (Å²) in [6.45, 7) is 0. The van der Waals surface area contributed by atoms with Crippen LogP contribution in [-0.2, 0) is 10.0 Å². The van der Waals surface area contributed by atoms with Crippen molar-refractivity contribution >= 4 is 31.9 Å². The Bertz CT molecular complexity index is 845. The second-order valence-electron chi connectivity index (χ2n) is 4.29. The summed E-state index contributed by atoms with van der Waals surface area (Å²) in [6, 6.07) is 2.71. The van der Waals surface area contributed by atoms with Crippen molar-refractivity contribution in [2.75, 3.05) is 14.2 Å². The molecule has 0 saturated heterocycles. The minimum Gasteiger partial charge on any atom is -0.493 e. The molecule has 2 N–H and O–H groups in total. The van der Waals surface area contributed by atoms with E-state index in [0.29, 0.717) is 5.75 Å². The molecule has 0 radical (unpaired) electrons. The Hall–Kier alpha value is -2.24. The van der Waals surface area contributed by atoms with E-state index < -0.39 is 15.9 Å². The maximum Gasteiger partial charge on any atom is 0.286 e. The lowest BCUT2D eigenvalue weighted by atomic mass is 10.3. The molecule has 2 rings (SSSR count). The fourth-order valence-corrected chi connectivity index (χ4v) is 3.57. The number of halogens is 1. The highest BCUT2D eigenvalue weighted by Gasteiger charge is 2.22. The molecular formula is C13H13BrN4O5S. The van der Waals surface area contributed by atoms with E-state index >= 15 is 0 Å². The number of hydrazine groups is 1. The molecule has 0 fully saturated rings. The number of methoxy groups -OCH3 is 2. The lowest BCUT2D eigenvalue weighted by Gasteiger charge is -2.13. The third-order valence-corrected chi connectivity index (χ3v) is 5.03. The molecule has 1 aromatic carbocycles. The lowest BCUT2D eigenvalue weighted by molar-refractivity contribution is 0.0939. The minimum atomic E-state index is -4.06. The van der Waals surface area contributed by atoms with Crippen molar-refractivity contribution in [3.63, 3.8) is 0 Å². The first-order valence-electron chi connectivity index (χ1n) is 6.38. The average molecular weight is 417 g/mol. The summed E-state index contributed by atoms with van der Waals surface area (Å²) >= 11 is 3.15. The lowest BCUT2D eigenvalue weighted by Crippen LogP contribution is -2.42. The van der Waals surface area contributed by atoms with Crippen LogP contribution >= 0.6 is 15.9 Å². The number of aromatic nitrogens is 2. The number of sulfonamides is 1. The maximum atomic E-state index is 12.4. The fourth-order valence-electron chi connectivity index (χ4n) is 1.69. The second-order valence-corrected chi connectivity index (χ2v) is 6.79. The van der Waals surface area contributed by atoms with Gasteiger partial charge in [0.05, 0.1) is 20.4 Å². The largest absolute Gasteiger partial charge is 0.493 e. The third kappa shape index (κ3) is 3.99. The van der Waals surface area contributed by atoms with Gasteiger partial charge < -0.3 is 9.47 Å². The monoisotopic (exact) mass is 416 g/mol. The number of carbonyl (C=O) groups is 1. The van der Waals surface area contributed by atoms with Crippen molar-refractivity contribution in [1.82, 2.24) is 20.2 Å². The van der Waals surface area contributed by atoms with Gasteiger partial charge >= 0.3 is 0 Å². The molecule has 0 aliphatic rings. The van der Waals surface area contributed by atoms with Crippen LogP contribution in [0.3, 0.4) is 0 Å². The number of rotatable bonds is 6. The van der Waals surface area contributed by atoms with E-state index in [1.54, 1.807) is 0 Å². The van der Waals surface area contributed by atoms with Gasteiger partial charge in [0.15, 0.2) is 11.5 Å². The van der Waals surface area contributed by atoms with E-state index in [1.807, 2.05) is 4.83 Å². The molecule has 128 valence electrons. The highest BCUT2D eigenvalue weighted by atomic mass is 79.9. The molecule has 0 aliphatic heterocycles. The van der Waals surface area contributed by atoms with E-state index in [1.165, 1.54) is 44.9 Å². The molecule has 24 heavy (non-hydrogen) atoms. The summed E-state index contributed by atoms with van der Waals surface area (Å²) in [6.07, 6.45) is 3.91. The molecule has 0 spiro atoms. The average Bonchev–Trinajstić information content (AvgIpc) is 2.59. The zero-order valence-electron chi connectivity index (χ0n) is 12.6. The van der Waals surface area contributed by atoms with E-state index in [9.17, 15) is 13.2 Å². The zero-order chi connectivity index (χ0) is 17.7. The van der Waals surface area contributed by atoms with Crippen LogP contribution in [-0.4, -0.2) is 38.5 Å². The van der Waals surface area contributed by atoms with Gasteiger partial charge in [0.2, 0.25) is 0 Å². The first kappa shape index (κ1) is 18.1. The molecular weight excluding hydrogens is 404 g/mol. The number of benzene rings is 1. The van der Waals surface area contributed by atoms with Crippen molar-refractivity contribution < 1.29 is 22.7 Å². The summed E-state index contributed by atoms with van der Waals surface area (Å²) in [5.41, 5.74) is 2.02.